The molecule has 0 aliphatic carbocycles. The zero-order valence-corrected chi connectivity index (χ0v) is 11.8. The molecule has 4 nitrogen and oxygen atoms in total. The van der Waals surface area contributed by atoms with Gasteiger partial charge in [0.05, 0.1) is 11.4 Å². The van der Waals surface area contributed by atoms with Gasteiger partial charge in [0.1, 0.15) is 5.82 Å². The maximum Gasteiger partial charge on any atom is 0.248 e. The van der Waals surface area contributed by atoms with Crippen molar-refractivity contribution < 1.29 is 9.18 Å². The van der Waals surface area contributed by atoms with Gasteiger partial charge in [-0.1, -0.05) is 12.1 Å². The van der Waals surface area contributed by atoms with E-state index >= 15 is 0 Å². The summed E-state index contributed by atoms with van der Waals surface area (Å²) < 4.78 is 13.9. The summed E-state index contributed by atoms with van der Waals surface area (Å²) in [6.45, 7) is 2.94. The first-order valence-electron chi connectivity index (χ1n) is 6.70. The Hall–Kier alpha value is -2.56. The van der Waals surface area contributed by atoms with Gasteiger partial charge >= 0.3 is 0 Å². The summed E-state index contributed by atoms with van der Waals surface area (Å²) in [4.78, 5) is 13.2. The summed E-state index contributed by atoms with van der Waals surface area (Å²) in [5.74, 6) is -0.938. The van der Waals surface area contributed by atoms with Crippen molar-refractivity contribution in [2.75, 3.05) is 17.2 Å². The number of carbonyl (C=O) groups is 1. The lowest BCUT2D eigenvalue weighted by atomic mass is 10.1. The molecule has 0 aromatic heterocycles. The first-order chi connectivity index (χ1) is 10.0. The molecule has 0 unspecified atom stereocenters. The highest BCUT2D eigenvalue weighted by Gasteiger charge is 2.13. The van der Waals surface area contributed by atoms with Crippen molar-refractivity contribution in [1.82, 2.24) is 0 Å². The van der Waals surface area contributed by atoms with Gasteiger partial charge in [-0.3, -0.25) is 4.79 Å². The number of para-hydroxylation sites is 2. The lowest BCUT2D eigenvalue weighted by Crippen LogP contribution is -2.24. The van der Waals surface area contributed by atoms with Crippen LogP contribution in [-0.4, -0.2) is 12.5 Å². The summed E-state index contributed by atoms with van der Waals surface area (Å²) in [5.41, 5.74) is 13.4. The van der Waals surface area contributed by atoms with E-state index < -0.39 is 5.91 Å². The highest BCUT2D eigenvalue weighted by molar-refractivity contribution is 5.92. The summed E-state index contributed by atoms with van der Waals surface area (Å²) >= 11 is 0. The van der Waals surface area contributed by atoms with E-state index in [1.807, 2.05) is 30.0 Å². The minimum atomic E-state index is -0.571. The number of nitrogens with zero attached hydrogens (tertiary/aromatic N) is 1. The minimum absolute atomic E-state index is 0.295. The summed E-state index contributed by atoms with van der Waals surface area (Å²) in [6, 6.07) is 11.5. The molecule has 5 heteroatoms. The van der Waals surface area contributed by atoms with Gasteiger partial charge in [0.2, 0.25) is 5.91 Å². The molecule has 1 amide bonds. The molecule has 0 saturated heterocycles. The predicted octanol–water partition coefficient (Wildman–Crippen LogP) is 2.53. The highest BCUT2D eigenvalue weighted by atomic mass is 19.1. The first kappa shape index (κ1) is 14.8. The van der Waals surface area contributed by atoms with E-state index in [0.29, 0.717) is 29.9 Å². The first-order valence-corrected chi connectivity index (χ1v) is 6.70. The molecular formula is C16H18FN3O. The second-order valence-corrected chi connectivity index (χ2v) is 4.74. The number of nitrogen functional groups attached to an aromatic ring is 1. The Labute approximate surface area is 123 Å². The normalized spacial score (nSPS) is 10.4. The van der Waals surface area contributed by atoms with Crippen molar-refractivity contribution in [3.63, 3.8) is 0 Å². The lowest BCUT2D eigenvalue weighted by molar-refractivity contribution is 0.1000. The van der Waals surface area contributed by atoms with Crippen LogP contribution in [0.2, 0.25) is 0 Å². The third kappa shape index (κ3) is 3.31. The largest absolute Gasteiger partial charge is 0.397 e. The maximum atomic E-state index is 13.9. The number of primary amides is 1. The average molecular weight is 287 g/mol. The molecular weight excluding hydrogens is 269 g/mol. The molecule has 2 aromatic rings. The van der Waals surface area contributed by atoms with Gasteiger partial charge < -0.3 is 16.4 Å². The van der Waals surface area contributed by atoms with Crippen LogP contribution in [0.5, 0.6) is 0 Å². The number of halogens is 1. The quantitative estimate of drug-likeness (QED) is 0.830. The lowest BCUT2D eigenvalue weighted by Gasteiger charge is -2.25. The Morgan fingerprint density at radius 3 is 2.57 bits per heavy atom. The summed E-state index contributed by atoms with van der Waals surface area (Å²) in [5, 5.41) is 0. The van der Waals surface area contributed by atoms with E-state index in [2.05, 4.69) is 0 Å². The van der Waals surface area contributed by atoms with Crippen LogP contribution >= 0.6 is 0 Å². The van der Waals surface area contributed by atoms with Gasteiger partial charge in [0, 0.05) is 24.2 Å². The van der Waals surface area contributed by atoms with Gasteiger partial charge in [-0.2, -0.15) is 0 Å². The number of benzene rings is 2. The number of nitrogens with two attached hydrogens (primary N) is 2. The molecule has 110 valence electrons. The van der Waals surface area contributed by atoms with E-state index in [4.69, 9.17) is 11.5 Å². The van der Waals surface area contributed by atoms with E-state index in [1.54, 1.807) is 6.07 Å². The molecule has 0 bridgehead atoms. The number of anilines is 2. The fourth-order valence-corrected chi connectivity index (χ4v) is 2.20. The van der Waals surface area contributed by atoms with Crippen LogP contribution in [0.3, 0.4) is 0 Å². The van der Waals surface area contributed by atoms with Gasteiger partial charge in [0.25, 0.3) is 0 Å². The van der Waals surface area contributed by atoms with E-state index in [-0.39, 0.29) is 5.82 Å². The van der Waals surface area contributed by atoms with Crippen molar-refractivity contribution in [2.24, 2.45) is 5.73 Å². The number of hydrogen-bond acceptors (Lipinski definition) is 3. The topological polar surface area (TPSA) is 72.3 Å². The third-order valence-electron chi connectivity index (χ3n) is 3.35. The Bertz CT molecular complexity index is 658. The van der Waals surface area contributed by atoms with Crippen molar-refractivity contribution in [3.05, 3.63) is 59.4 Å². The molecule has 4 N–H and O–H groups in total. The molecule has 0 fully saturated rings. The van der Waals surface area contributed by atoms with Crippen LogP contribution in [0.25, 0.3) is 0 Å². The zero-order valence-electron chi connectivity index (χ0n) is 11.8. The second-order valence-electron chi connectivity index (χ2n) is 4.74. The maximum absolute atomic E-state index is 13.9. The average Bonchev–Trinajstić information content (AvgIpc) is 2.47. The molecule has 0 spiro atoms. The third-order valence-corrected chi connectivity index (χ3v) is 3.35. The Morgan fingerprint density at radius 2 is 1.95 bits per heavy atom. The van der Waals surface area contributed by atoms with Gasteiger partial charge in [0.15, 0.2) is 0 Å². The monoisotopic (exact) mass is 287 g/mol. The van der Waals surface area contributed by atoms with Crippen LogP contribution in [0.4, 0.5) is 15.8 Å². The molecule has 0 atom stereocenters. The van der Waals surface area contributed by atoms with Gasteiger partial charge in [-0.15, -0.1) is 0 Å². The van der Waals surface area contributed by atoms with E-state index in [1.165, 1.54) is 18.2 Å². The SMILES string of the molecule is CCN(Cc1cc(C(N)=O)ccc1F)c1ccccc1N. The van der Waals surface area contributed by atoms with Crippen molar-refractivity contribution in [3.8, 4) is 0 Å². The Kier molecular flexibility index (Phi) is 4.42. The fraction of sp³-hybridized carbons (Fsp3) is 0.188. The second kappa shape index (κ2) is 6.26. The fourth-order valence-electron chi connectivity index (χ4n) is 2.20. The van der Waals surface area contributed by atoms with Crippen molar-refractivity contribution in [2.45, 2.75) is 13.5 Å². The van der Waals surface area contributed by atoms with Crippen molar-refractivity contribution >= 4 is 17.3 Å². The van der Waals surface area contributed by atoms with Crippen LogP contribution in [-0.2, 0) is 6.54 Å². The van der Waals surface area contributed by atoms with Crippen molar-refractivity contribution in [1.29, 1.82) is 0 Å². The number of rotatable bonds is 5. The molecule has 0 heterocycles. The molecule has 21 heavy (non-hydrogen) atoms. The zero-order chi connectivity index (χ0) is 15.4. The number of carbonyl (C=O) groups excluding carboxylic acids is 1. The van der Waals surface area contributed by atoms with Crippen LogP contribution < -0.4 is 16.4 Å². The number of hydrogen-bond donors (Lipinski definition) is 2. The molecule has 0 aliphatic rings. The smallest absolute Gasteiger partial charge is 0.248 e. The van der Waals surface area contributed by atoms with Gasteiger partial charge in [-0.05, 0) is 37.3 Å². The molecule has 0 saturated carbocycles. The highest BCUT2D eigenvalue weighted by Crippen LogP contribution is 2.25. The van der Waals surface area contributed by atoms with E-state index in [9.17, 15) is 9.18 Å². The Balaban J connectivity index is 2.33. The molecule has 2 rings (SSSR count). The van der Waals surface area contributed by atoms with Crippen LogP contribution in [0.15, 0.2) is 42.5 Å². The summed E-state index contributed by atoms with van der Waals surface area (Å²) in [6.07, 6.45) is 0. The van der Waals surface area contributed by atoms with Gasteiger partial charge in [-0.25, -0.2) is 4.39 Å². The minimum Gasteiger partial charge on any atom is -0.397 e. The Morgan fingerprint density at radius 1 is 1.24 bits per heavy atom. The number of amides is 1. The summed E-state index contributed by atoms with van der Waals surface area (Å²) in [7, 11) is 0. The molecule has 2 aromatic carbocycles. The predicted molar refractivity (Wildman–Crippen MR) is 82.5 cm³/mol. The van der Waals surface area contributed by atoms with E-state index in [0.717, 1.165) is 5.69 Å². The molecule has 0 radical (unpaired) electrons. The van der Waals surface area contributed by atoms with Crippen LogP contribution in [0, 0.1) is 5.82 Å². The molecule has 0 aliphatic heterocycles. The standard InChI is InChI=1S/C16H18FN3O/c1-2-20(15-6-4-3-5-14(15)18)10-12-9-11(16(19)21)7-8-13(12)17/h3-9H,2,10,18H2,1H3,(H2,19,21). The van der Waals surface area contributed by atoms with Crippen LogP contribution in [0.1, 0.15) is 22.8 Å².